The van der Waals surface area contributed by atoms with Gasteiger partial charge in [0, 0.05) is 45.0 Å². The Morgan fingerprint density at radius 2 is 1.38 bits per heavy atom. The van der Waals surface area contributed by atoms with Crippen LogP contribution in [0.1, 0.15) is 49.7 Å². The van der Waals surface area contributed by atoms with Crippen LogP contribution in [-0.4, -0.2) is 79.8 Å². The summed E-state index contributed by atoms with van der Waals surface area (Å²) in [7, 11) is 0. The van der Waals surface area contributed by atoms with Gasteiger partial charge >= 0.3 is 30.8 Å². The number of anilines is 1. The molecule has 42 heavy (non-hydrogen) atoms. The standard InChI is InChI=1S/C25H30F9N3O2.CO2/c26-23(27,28)18-12-17(13-19(14-18)36-7-2-1-3-8-36)15-35-9-4-22(16-35)5-10-37(11-6-22)21(38)39-20(24(29,30)31)25(32,33)34;2-1-3/h12-14,20H,1-11,15-16H2;. The number of likely N-dealkylation sites (tertiary alicyclic amines) is 2. The quantitative estimate of drug-likeness (QED) is 0.384. The summed E-state index contributed by atoms with van der Waals surface area (Å²) in [4.78, 5) is 33.1. The molecule has 236 valence electrons. The second-order valence-corrected chi connectivity index (χ2v) is 10.8. The molecule has 0 bridgehead atoms. The summed E-state index contributed by atoms with van der Waals surface area (Å²) in [5, 5.41) is 0. The number of hydrogen-bond acceptors (Lipinski definition) is 6. The molecule has 3 saturated heterocycles. The van der Waals surface area contributed by atoms with Gasteiger partial charge in [0.1, 0.15) is 0 Å². The third-order valence-electron chi connectivity index (χ3n) is 7.85. The van der Waals surface area contributed by atoms with Gasteiger partial charge in [-0.05, 0) is 74.2 Å². The summed E-state index contributed by atoms with van der Waals surface area (Å²) < 4.78 is 121. The largest absolute Gasteiger partial charge is 0.434 e. The van der Waals surface area contributed by atoms with Gasteiger partial charge in [-0.3, -0.25) is 4.90 Å². The Morgan fingerprint density at radius 1 is 0.833 bits per heavy atom. The fraction of sp³-hybridized carbons (Fsp3) is 0.692. The molecule has 0 aliphatic carbocycles. The van der Waals surface area contributed by atoms with E-state index < -0.39 is 36.3 Å². The van der Waals surface area contributed by atoms with Crippen molar-refractivity contribution in [1.82, 2.24) is 9.80 Å². The molecular formula is C26H30F9N3O4. The first kappa shape index (κ1) is 33.5. The summed E-state index contributed by atoms with van der Waals surface area (Å²) in [5.74, 6) is 0. The number of rotatable bonds is 4. The fourth-order valence-corrected chi connectivity index (χ4v) is 5.75. The van der Waals surface area contributed by atoms with E-state index in [1.54, 1.807) is 6.07 Å². The second kappa shape index (κ2) is 13.1. The van der Waals surface area contributed by atoms with Crippen LogP contribution in [0.2, 0.25) is 0 Å². The Kier molecular flexibility index (Phi) is 10.5. The molecule has 0 saturated carbocycles. The van der Waals surface area contributed by atoms with E-state index in [-0.39, 0.29) is 31.2 Å². The summed E-state index contributed by atoms with van der Waals surface area (Å²) in [6, 6.07) is 4.11. The molecule has 3 aliphatic rings. The zero-order valence-corrected chi connectivity index (χ0v) is 22.4. The van der Waals surface area contributed by atoms with Crippen LogP contribution in [0.15, 0.2) is 18.2 Å². The first-order valence-corrected chi connectivity index (χ1v) is 13.2. The van der Waals surface area contributed by atoms with Crippen molar-refractivity contribution in [2.45, 2.75) is 69.7 Å². The number of ether oxygens (including phenoxy) is 1. The van der Waals surface area contributed by atoms with E-state index >= 15 is 0 Å². The molecule has 3 heterocycles. The highest BCUT2D eigenvalue weighted by atomic mass is 19.4. The Labute approximate surface area is 235 Å². The van der Waals surface area contributed by atoms with E-state index in [1.165, 1.54) is 6.07 Å². The van der Waals surface area contributed by atoms with Gasteiger partial charge in [-0.2, -0.15) is 49.1 Å². The van der Waals surface area contributed by atoms with Crippen LogP contribution < -0.4 is 4.90 Å². The molecule has 0 radical (unpaired) electrons. The number of alkyl halides is 9. The van der Waals surface area contributed by atoms with Gasteiger partial charge in [0.15, 0.2) is 0 Å². The lowest BCUT2D eigenvalue weighted by Crippen LogP contribution is -2.50. The zero-order chi connectivity index (χ0) is 31.3. The lowest BCUT2D eigenvalue weighted by Gasteiger charge is -2.39. The van der Waals surface area contributed by atoms with Crippen LogP contribution in [0.3, 0.4) is 0 Å². The van der Waals surface area contributed by atoms with Crippen LogP contribution in [0.5, 0.6) is 0 Å². The molecule has 0 atom stereocenters. The molecule has 1 spiro atoms. The van der Waals surface area contributed by atoms with Crippen molar-refractivity contribution in [3.63, 3.8) is 0 Å². The molecule has 3 aliphatic heterocycles. The van der Waals surface area contributed by atoms with Crippen molar-refractivity contribution < 1.29 is 58.6 Å². The number of amides is 1. The topological polar surface area (TPSA) is 70.2 Å². The third kappa shape index (κ3) is 8.76. The van der Waals surface area contributed by atoms with E-state index in [0.717, 1.165) is 30.2 Å². The Hall–Kier alpha value is -3.00. The van der Waals surface area contributed by atoms with E-state index in [2.05, 4.69) is 4.74 Å². The molecule has 3 fully saturated rings. The minimum Gasteiger partial charge on any atom is -0.426 e. The summed E-state index contributed by atoms with van der Waals surface area (Å²) in [6.45, 7) is 2.59. The Morgan fingerprint density at radius 3 is 1.90 bits per heavy atom. The molecule has 1 aromatic carbocycles. The number of hydrogen-bond donors (Lipinski definition) is 0. The van der Waals surface area contributed by atoms with Crippen molar-refractivity contribution in [2.24, 2.45) is 5.41 Å². The van der Waals surface area contributed by atoms with Crippen molar-refractivity contribution in [1.29, 1.82) is 0 Å². The highest BCUT2D eigenvalue weighted by Gasteiger charge is 2.60. The number of carbonyl (C=O) groups is 1. The smallest absolute Gasteiger partial charge is 0.426 e. The maximum Gasteiger partial charge on any atom is 0.434 e. The highest BCUT2D eigenvalue weighted by molar-refractivity contribution is 5.68. The monoisotopic (exact) mass is 619 g/mol. The minimum atomic E-state index is -5.78. The molecule has 0 aromatic heterocycles. The van der Waals surface area contributed by atoms with Gasteiger partial charge in [-0.25, -0.2) is 4.79 Å². The molecule has 0 unspecified atom stereocenters. The van der Waals surface area contributed by atoms with Gasteiger partial charge in [0.25, 0.3) is 6.10 Å². The van der Waals surface area contributed by atoms with Crippen molar-refractivity contribution in [3.8, 4) is 0 Å². The highest BCUT2D eigenvalue weighted by Crippen LogP contribution is 2.42. The maximum absolute atomic E-state index is 13.6. The lowest BCUT2D eigenvalue weighted by molar-refractivity contribution is -0.308. The molecular weight excluding hydrogens is 589 g/mol. The number of nitrogens with zero attached hydrogens (tertiary/aromatic N) is 3. The summed E-state index contributed by atoms with van der Waals surface area (Å²) in [6.07, 6.45) is -17.5. The van der Waals surface area contributed by atoms with Crippen molar-refractivity contribution >= 4 is 17.9 Å². The average Bonchev–Trinajstić information content (AvgIpc) is 3.28. The van der Waals surface area contributed by atoms with Gasteiger partial charge in [0.2, 0.25) is 0 Å². The van der Waals surface area contributed by atoms with Gasteiger partial charge in [-0.1, -0.05) is 0 Å². The molecule has 4 rings (SSSR count). The molecule has 0 N–H and O–H groups in total. The average molecular weight is 620 g/mol. The molecule has 16 heteroatoms. The molecule has 1 aromatic rings. The van der Waals surface area contributed by atoms with E-state index in [1.807, 2.05) is 9.80 Å². The minimum absolute atomic E-state index is 0.0717. The fourth-order valence-electron chi connectivity index (χ4n) is 5.75. The first-order chi connectivity index (χ1) is 19.5. The number of piperidine rings is 2. The van der Waals surface area contributed by atoms with Gasteiger partial charge < -0.3 is 14.5 Å². The maximum atomic E-state index is 13.6. The van der Waals surface area contributed by atoms with E-state index in [0.29, 0.717) is 56.7 Å². The van der Waals surface area contributed by atoms with E-state index in [9.17, 15) is 44.3 Å². The third-order valence-corrected chi connectivity index (χ3v) is 7.85. The van der Waals surface area contributed by atoms with Crippen LogP contribution in [0.25, 0.3) is 0 Å². The zero-order valence-electron chi connectivity index (χ0n) is 22.4. The van der Waals surface area contributed by atoms with Crippen LogP contribution in [0, 0.1) is 5.41 Å². The molecule has 1 amide bonds. The number of benzene rings is 1. The van der Waals surface area contributed by atoms with Crippen LogP contribution >= 0.6 is 0 Å². The summed E-state index contributed by atoms with van der Waals surface area (Å²) in [5.41, 5.74) is 0.0177. The predicted octanol–water partition coefficient (Wildman–Crippen LogP) is 6.03. The number of halogens is 9. The van der Waals surface area contributed by atoms with Crippen molar-refractivity contribution in [3.05, 3.63) is 29.3 Å². The van der Waals surface area contributed by atoms with E-state index in [4.69, 9.17) is 9.59 Å². The van der Waals surface area contributed by atoms with Crippen molar-refractivity contribution in [2.75, 3.05) is 44.2 Å². The normalized spacial score (nSPS) is 19.9. The van der Waals surface area contributed by atoms with Gasteiger partial charge in [-0.15, -0.1) is 0 Å². The SMILES string of the molecule is O=C(OC(C(F)(F)F)C(F)(F)F)N1CCC2(CCN(Cc3cc(N4CCCCC4)cc(C(F)(F)F)c3)C2)CC1.O=C=O. The lowest BCUT2D eigenvalue weighted by atomic mass is 9.78. The predicted molar refractivity (Wildman–Crippen MR) is 128 cm³/mol. The Balaban J connectivity index is 0.00000155. The van der Waals surface area contributed by atoms with Crippen LogP contribution in [0.4, 0.5) is 50.0 Å². The first-order valence-electron chi connectivity index (χ1n) is 13.2. The summed E-state index contributed by atoms with van der Waals surface area (Å²) >= 11 is 0. The number of carbonyl (C=O) groups excluding carboxylic acids is 3. The molecule has 7 nitrogen and oxygen atoms in total. The second-order valence-electron chi connectivity index (χ2n) is 10.8. The Bertz CT molecular complexity index is 1090. The van der Waals surface area contributed by atoms with Crippen LogP contribution in [-0.2, 0) is 27.0 Å². The van der Waals surface area contributed by atoms with Gasteiger partial charge in [0.05, 0.1) is 5.56 Å².